The zero-order valence-electron chi connectivity index (χ0n) is 12.3. The summed E-state index contributed by atoms with van der Waals surface area (Å²) in [5, 5.41) is 0. The van der Waals surface area contributed by atoms with Gasteiger partial charge in [-0.3, -0.25) is 0 Å². The van der Waals surface area contributed by atoms with Crippen LogP contribution in [0.2, 0.25) is 0 Å². The van der Waals surface area contributed by atoms with E-state index in [1.54, 1.807) is 0 Å². The number of rotatable bonds is 2. The van der Waals surface area contributed by atoms with Gasteiger partial charge in [0, 0.05) is 17.9 Å². The van der Waals surface area contributed by atoms with Gasteiger partial charge in [0.25, 0.3) is 0 Å². The smallest absolute Gasteiger partial charge is 0.0783 e. The average molecular weight is 283 g/mol. The van der Waals surface area contributed by atoms with Gasteiger partial charge in [0.05, 0.1) is 5.60 Å². The number of hydrogen-bond acceptors (Lipinski definition) is 3. The van der Waals surface area contributed by atoms with Gasteiger partial charge >= 0.3 is 0 Å². The molecule has 0 bridgehead atoms. The van der Waals surface area contributed by atoms with Crippen LogP contribution in [0.5, 0.6) is 0 Å². The molecule has 1 aliphatic carbocycles. The fourth-order valence-corrected chi connectivity index (χ4v) is 6.14. The zero-order valence-corrected chi connectivity index (χ0v) is 13.1. The van der Waals surface area contributed by atoms with Crippen molar-refractivity contribution in [1.29, 1.82) is 0 Å². The van der Waals surface area contributed by atoms with Crippen molar-refractivity contribution in [2.24, 2.45) is 17.6 Å². The molecule has 0 aromatic rings. The fraction of sp³-hybridized carbons (Fsp3) is 1.00. The largest absolute Gasteiger partial charge is 0.374 e. The first-order valence-corrected chi connectivity index (χ1v) is 9.35. The average Bonchev–Trinajstić information content (AvgIpc) is 2.87. The minimum atomic E-state index is 0.108. The van der Waals surface area contributed by atoms with Gasteiger partial charge in [0.1, 0.15) is 0 Å². The van der Waals surface area contributed by atoms with Crippen molar-refractivity contribution >= 4 is 11.8 Å². The third-order valence-electron chi connectivity index (χ3n) is 5.99. The van der Waals surface area contributed by atoms with E-state index < -0.39 is 0 Å². The molecular formula is C16H29NOS. The maximum atomic E-state index is 6.98. The molecule has 4 unspecified atom stereocenters. The standard InChI is InChI=1S/C16H29NOS/c1-2-13-5-3-4-7-16(13,17)14-6-9-18-15(11-14)8-10-19-12-15/h13-14H,2-12,17H2,1H3. The van der Waals surface area contributed by atoms with Gasteiger partial charge in [-0.05, 0) is 49.7 Å². The van der Waals surface area contributed by atoms with Crippen molar-refractivity contribution in [2.45, 2.75) is 69.4 Å². The highest BCUT2D eigenvalue weighted by Crippen LogP contribution is 2.48. The monoisotopic (exact) mass is 283 g/mol. The van der Waals surface area contributed by atoms with E-state index in [9.17, 15) is 0 Å². The summed E-state index contributed by atoms with van der Waals surface area (Å²) in [5.41, 5.74) is 7.28. The van der Waals surface area contributed by atoms with Crippen LogP contribution >= 0.6 is 11.8 Å². The van der Waals surface area contributed by atoms with E-state index in [0.29, 0.717) is 5.92 Å². The third-order valence-corrected chi connectivity index (χ3v) is 7.21. The van der Waals surface area contributed by atoms with Crippen LogP contribution in [0.15, 0.2) is 0 Å². The lowest BCUT2D eigenvalue weighted by atomic mass is 9.61. The Morgan fingerprint density at radius 1 is 1.26 bits per heavy atom. The van der Waals surface area contributed by atoms with Crippen molar-refractivity contribution in [3.8, 4) is 0 Å². The molecule has 2 N–H and O–H groups in total. The van der Waals surface area contributed by atoms with E-state index in [4.69, 9.17) is 10.5 Å². The zero-order chi connectivity index (χ0) is 13.3. The topological polar surface area (TPSA) is 35.2 Å². The second-order valence-corrected chi connectivity index (χ2v) is 8.09. The summed E-state index contributed by atoms with van der Waals surface area (Å²) in [6.45, 7) is 3.28. The molecule has 2 saturated heterocycles. The van der Waals surface area contributed by atoms with Gasteiger partial charge in [-0.25, -0.2) is 0 Å². The first-order chi connectivity index (χ1) is 9.19. The molecular weight excluding hydrogens is 254 g/mol. The minimum Gasteiger partial charge on any atom is -0.374 e. The molecule has 0 radical (unpaired) electrons. The number of nitrogens with two attached hydrogens (primary N) is 1. The van der Waals surface area contributed by atoms with Crippen molar-refractivity contribution in [2.75, 3.05) is 18.1 Å². The second-order valence-electron chi connectivity index (χ2n) is 6.99. The van der Waals surface area contributed by atoms with Crippen molar-refractivity contribution in [1.82, 2.24) is 0 Å². The lowest BCUT2D eigenvalue weighted by Crippen LogP contribution is -2.58. The molecule has 3 rings (SSSR count). The van der Waals surface area contributed by atoms with E-state index >= 15 is 0 Å². The number of hydrogen-bond donors (Lipinski definition) is 1. The summed E-state index contributed by atoms with van der Waals surface area (Å²) >= 11 is 2.07. The van der Waals surface area contributed by atoms with Gasteiger partial charge in [-0.2, -0.15) is 11.8 Å². The Balaban J connectivity index is 1.76. The Morgan fingerprint density at radius 3 is 2.89 bits per heavy atom. The van der Waals surface area contributed by atoms with E-state index in [1.807, 2.05) is 0 Å². The maximum Gasteiger partial charge on any atom is 0.0783 e. The SMILES string of the molecule is CCC1CCCCC1(N)C1CCOC2(CCSC2)C1. The van der Waals surface area contributed by atoms with E-state index in [-0.39, 0.29) is 11.1 Å². The van der Waals surface area contributed by atoms with Crippen LogP contribution in [0.3, 0.4) is 0 Å². The van der Waals surface area contributed by atoms with Crippen LogP contribution in [0, 0.1) is 11.8 Å². The van der Waals surface area contributed by atoms with Crippen LogP contribution in [0.4, 0.5) is 0 Å². The Labute approximate surface area is 122 Å². The molecule has 4 atom stereocenters. The Kier molecular flexibility index (Phi) is 4.17. The Bertz CT molecular complexity index is 316. The number of thioether (sulfide) groups is 1. The van der Waals surface area contributed by atoms with Gasteiger partial charge in [0.15, 0.2) is 0 Å². The van der Waals surface area contributed by atoms with Crippen molar-refractivity contribution in [3.05, 3.63) is 0 Å². The summed E-state index contributed by atoms with van der Waals surface area (Å²) in [5.74, 6) is 3.93. The van der Waals surface area contributed by atoms with Crippen LogP contribution in [-0.4, -0.2) is 29.3 Å². The van der Waals surface area contributed by atoms with Crippen molar-refractivity contribution in [3.63, 3.8) is 0 Å². The molecule has 0 amide bonds. The van der Waals surface area contributed by atoms with Crippen LogP contribution in [-0.2, 0) is 4.74 Å². The van der Waals surface area contributed by atoms with Gasteiger partial charge < -0.3 is 10.5 Å². The third kappa shape index (κ3) is 2.58. The number of ether oxygens (including phenoxy) is 1. The summed E-state index contributed by atoms with van der Waals surface area (Å²) in [6, 6.07) is 0. The first-order valence-electron chi connectivity index (χ1n) is 8.19. The molecule has 2 aliphatic heterocycles. The van der Waals surface area contributed by atoms with E-state index in [2.05, 4.69) is 18.7 Å². The molecule has 0 aromatic carbocycles. The fourth-order valence-electron chi connectivity index (χ4n) is 4.77. The molecule has 2 nitrogen and oxygen atoms in total. The Hall–Kier alpha value is 0.270. The molecule has 110 valence electrons. The Morgan fingerprint density at radius 2 is 2.16 bits per heavy atom. The lowest BCUT2D eigenvalue weighted by Gasteiger charge is -2.51. The maximum absolute atomic E-state index is 6.98. The predicted molar refractivity (Wildman–Crippen MR) is 82.5 cm³/mol. The molecule has 3 fully saturated rings. The predicted octanol–water partition coefficient (Wildman–Crippen LogP) is 3.59. The highest BCUT2D eigenvalue weighted by molar-refractivity contribution is 7.99. The highest BCUT2D eigenvalue weighted by atomic mass is 32.2. The van der Waals surface area contributed by atoms with E-state index in [0.717, 1.165) is 12.5 Å². The quantitative estimate of drug-likeness (QED) is 0.841. The minimum absolute atomic E-state index is 0.108. The molecule has 0 aromatic heterocycles. The molecule has 1 saturated carbocycles. The van der Waals surface area contributed by atoms with Gasteiger partial charge in [0.2, 0.25) is 0 Å². The van der Waals surface area contributed by atoms with Crippen LogP contribution in [0.25, 0.3) is 0 Å². The first kappa shape index (κ1) is 14.2. The molecule has 19 heavy (non-hydrogen) atoms. The van der Waals surface area contributed by atoms with Gasteiger partial charge in [-0.15, -0.1) is 0 Å². The highest BCUT2D eigenvalue weighted by Gasteiger charge is 2.49. The molecule has 3 heteroatoms. The summed E-state index contributed by atoms with van der Waals surface area (Å²) in [7, 11) is 0. The van der Waals surface area contributed by atoms with Crippen molar-refractivity contribution < 1.29 is 4.74 Å². The van der Waals surface area contributed by atoms with E-state index in [1.165, 1.54) is 62.9 Å². The second kappa shape index (κ2) is 5.57. The normalized spacial score (nSPS) is 47.7. The molecule has 3 aliphatic rings. The van der Waals surface area contributed by atoms with Crippen LogP contribution < -0.4 is 5.73 Å². The molecule has 1 spiro atoms. The summed E-state index contributed by atoms with van der Waals surface area (Å²) < 4.78 is 6.18. The van der Waals surface area contributed by atoms with Gasteiger partial charge in [-0.1, -0.05) is 26.2 Å². The summed E-state index contributed by atoms with van der Waals surface area (Å²) in [6.07, 6.45) is 10.3. The lowest BCUT2D eigenvalue weighted by molar-refractivity contribution is -0.102. The summed E-state index contributed by atoms with van der Waals surface area (Å²) in [4.78, 5) is 0. The molecule has 2 heterocycles. The van der Waals surface area contributed by atoms with Crippen LogP contribution in [0.1, 0.15) is 58.3 Å².